The third-order valence-electron chi connectivity index (χ3n) is 3.28. The standard InChI is InChI=1S/C14H14N4S/c15-7-11-3-5-17-14(13(11)16)18(12-1-2-12)8-10-4-6-19-9-10/h3-6,9,12H,1-2,8,16H2. The van der Waals surface area contributed by atoms with Crippen molar-refractivity contribution in [3.8, 4) is 6.07 Å². The highest BCUT2D eigenvalue weighted by Crippen LogP contribution is 2.35. The van der Waals surface area contributed by atoms with Crippen LogP contribution >= 0.6 is 11.3 Å². The van der Waals surface area contributed by atoms with E-state index in [0.717, 1.165) is 12.4 Å². The normalized spacial score (nSPS) is 14.1. The molecule has 1 fully saturated rings. The summed E-state index contributed by atoms with van der Waals surface area (Å²) in [5.74, 6) is 0.743. The number of aromatic nitrogens is 1. The Hall–Kier alpha value is -2.06. The van der Waals surface area contributed by atoms with Crippen LogP contribution in [0.3, 0.4) is 0 Å². The number of nitrogens with zero attached hydrogens (tertiary/aromatic N) is 3. The summed E-state index contributed by atoms with van der Waals surface area (Å²) < 4.78 is 0. The van der Waals surface area contributed by atoms with Crippen molar-refractivity contribution in [2.75, 3.05) is 10.6 Å². The Bertz CT molecular complexity index is 611. The Balaban J connectivity index is 1.94. The third-order valence-corrected chi connectivity index (χ3v) is 4.01. The molecule has 2 heterocycles. The minimum absolute atomic E-state index is 0.493. The molecule has 3 rings (SSSR count). The summed E-state index contributed by atoms with van der Waals surface area (Å²) >= 11 is 1.69. The van der Waals surface area contributed by atoms with Crippen LogP contribution in [0.15, 0.2) is 29.1 Å². The van der Waals surface area contributed by atoms with Crippen molar-refractivity contribution >= 4 is 22.8 Å². The monoisotopic (exact) mass is 270 g/mol. The van der Waals surface area contributed by atoms with Gasteiger partial charge in [-0.3, -0.25) is 0 Å². The minimum Gasteiger partial charge on any atom is -0.395 e. The van der Waals surface area contributed by atoms with Crippen molar-refractivity contribution in [3.63, 3.8) is 0 Å². The van der Waals surface area contributed by atoms with E-state index < -0.39 is 0 Å². The second-order valence-corrected chi connectivity index (χ2v) is 5.48. The first-order chi connectivity index (χ1) is 9.29. The fraction of sp³-hybridized carbons (Fsp3) is 0.286. The van der Waals surface area contributed by atoms with Crippen LogP contribution in [0.5, 0.6) is 0 Å². The van der Waals surface area contributed by atoms with Gasteiger partial charge in [-0.2, -0.15) is 16.6 Å². The van der Waals surface area contributed by atoms with E-state index in [9.17, 15) is 0 Å². The van der Waals surface area contributed by atoms with Crippen LogP contribution in [0, 0.1) is 11.3 Å². The molecule has 0 radical (unpaired) electrons. The Kier molecular flexibility index (Phi) is 3.10. The number of pyridine rings is 1. The van der Waals surface area contributed by atoms with E-state index in [1.807, 2.05) is 0 Å². The summed E-state index contributed by atoms with van der Waals surface area (Å²) in [4.78, 5) is 6.60. The van der Waals surface area contributed by atoms with Crippen LogP contribution < -0.4 is 10.6 Å². The van der Waals surface area contributed by atoms with Crippen molar-refractivity contribution in [2.24, 2.45) is 0 Å². The van der Waals surface area contributed by atoms with Gasteiger partial charge in [0.2, 0.25) is 0 Å². The van der Waals surface area contributed by atoms with E-state index in [2.05, 4.69) is 32.8 Å². The van der Waals surface area contributed by atoms with Crippen LogP contribution in [0.2, 0.25) is 0 Å². The van der Waals surface area contributed by atoms with E-state index in [4.69, 9.17) is 11.0 Å². The summed E-state index contributed by atoms with van der Waals surface area (Å²) in [6, 6.07) is 6.40. The summed E-state index contributed by atoms with van der Waals surface area (Å²) in [6.45, 7) is 0.806. The number of nitrogen functional groups attached to an aromatic ring is 1. The van der Waals surface area contributed by atoms with Crippen LogP contribution in [-0.4, -0.2) is 11.0 Å². The average Bonchev–Trinajstić information content (AvgIpc) is 3.14. The molecular weight excluding hydrogens is 256 g/mol. The molecule has 0 aromatic carbocycles. The molecule has 0 aliphatic heterocycles. The Morgan fingerprint density at radius 2 is 2.32 bits per heavy atom. The van der Waals surface area contributed by atoms with Crippen LogP contribution in [0.1, 0.15) is 24.0 Å². The predicted molar refractivity (Wildman–Crippen MR) is 76.9 cm³/mol. The zero-order valence-corrected chi connectivity index (χ0v) is 11.2. The fourth-order valence-corrected chi connectivity index (χ4v) is 2.79. The molecule has 0 bridgehead atoms. The van der Waals surface area contributed by atoms with Crippen molar-refractivity contribution in [1.29, 1.82) is 5.26 Å². The van der Waals surface area contributed by atoms with Crippen molar-refractivity contribution in [3.05, 3.63) is 40.2 Å². The summed E-state index contributed by atoms with van der Waals surface area (Å²) in [7, 11) is 0. The number of hydrogen-bond donors (Lipinski definition) is 1. The van der Waals surface area contributed by atoms with Gasteiger partial charge in [0.1, 0.15) is 6.07 Å². The van der Waals surface area contributed by atoms with Gasteiger partial charge in [-0.05, 0) is 41.3 Å². The van der Waals surface area contributed by atoms with Gasteiger partial charge in [0.25, 0.3) is 0 Å². The number of rotatable bonds is 4. The van der Waals surface area contributed by atoms with Crippen molar-refractivity contribution < 1.29 is 0 Å². The van der Waals surface area contributed by atoms with Gasteiger partial charge in [-0.1, -0.05) is 0 Å². The molecule has 2 aromatic heterocycles. The summed E-state index contributed by atoms with van der Waals surface area (Å²) in [5.41, 5.74) is 8.32. The summed E-state index contributed by atoms with van der Waals surface area (Å²) in [6.07, 6.45) is 4.00. The van der Waals surface area contributed by atoms with Crippen LogP contribution in [-0.2, 0) is 6.54 Å². The smallest absolute Gasteiger partial charge is 0.153 e. The van der Waals surface area contributed by atoms with Crippen LogP contribution in [0.25, 0.3) is 0 Å². The lowest BCUT2D eigenvalue weighted by Gasteiger charge is -2.24. The van der Waals surface area contributed by atoms with E-state index in [0.29, 0.717) is 17.3 Å². The highest BCUT2D eigenvalue weighted by atomic mass is 32.1. The molecule has 5 heteroatoms. The quantitative estimate of drug-likeness (QED) is 0.927. The maximum atomic E-state index is 9.06. The average molecular weight is 270 g/mol. The molecular formula is C14H14N4S. The zero-order valence-electron chi connectivity index (χ0n) is 10.4. The van der Waals surface area contributed by atoms with E-state index in [1.54, 1.807) is 23.6 Å². The van der Waals surface area contributed by atoms with E-state index in [-0.39, 0.29) is 0 Å². The molecule has 4 nitrogen and oxygen atoms in total. The first kappa shape index (κ1) is 12.0. The van der Waals surface area contributed by atoms with E-state index >= 15 is 0 Å². The number of anilines is 2. The molecule has 1 saturated carbocycles. The van der Waals surface area contributed by atoms with Gasteiger partial charge >= 0.3 is 0 Å². The lowest BCUT2D eigenvalue weighted by atomic mass is 10.2. The van der Waals surface area contributed by atoms with Gasteiger partial charge in [0, 0.05) is 18.8 Å². The van der Waals surface area contributed by atoms with Gasteiger partial charge in [-0.25, -0.2) is 4.98 Å². The number of nitriles is 1. The molecule has 0 unspecified atom stereocenters. The molecule has 19 heavy (non-hydrogen) atoms. The highest BCUT2D eigenvalue weighted by Gasteiger charge is 2.31. The zero-order chi connectivity index (χ0) is 13.2. The molecule has 0 saturated heterocycles. The molecule has 1 aliphatic carbocycles. The van der Waals surface area contributed by atoms with Crippen LogP contribution in [0.4, 0.5) is 11.5 Å². The van der Waals surface area contributed by atoms with Gasteiger partial charge < -0.3 is 10.6 Å². The molecule has 2 N–H and O–H groups in total. The topological polar surface area (TPSA) is 65.9 Å². The lowest BCUT2D eigenvalue weighted by Crippen LogP contribution is -2.27. The molecule has 96 valence electrons. The lowest BCUT2D eigenvalue weighted by molar-refractivity contribution is 0.781. The van der Waals surface area contributed by atoms with E-state index in [1.165, 1.54) is 18.4 Å². The minimum atomic E-state index is 0.493. The van der Waals surface area contributed by atoms with Gasteiger partial charge in [0.15, 0.2) is 5.82 Å². The first-order valence-electron chi connectivity index (χ1n) is 6.22. The second-order valence-electron chi connectivity index (χ2n) is 4.70. The fourth-order valence-electron chi connectivity index (χ4n) is 2.13. The predicted octanol–water partition coefficient (Wildman–Crippen LogP) is 2.77. The van der Waals surface area contributed by atoms with Crippen molar-refractivity contribution in [2.45, 2.75) is 25.4 Å². The largest absolute Gasteiger partial charge is 0.395 e. The second kappa shape index (κ2) is 4.90. The van der Waals surface area contributed by atoms with Gasteiger partial charge in [0.05, 0.1) is 11.3 Å². The molecule has 0 atom stereocenters. The SMILES string of the molecule is N#Cc1ccnc(N(Cc2ccsc2)C2CC2)c1N. The number of nitrogens with two attached hydrogens (primary N) is 1. The third kappa shape index (κ3) is 2.40. The summed E-state index contributed by atoms with van der Waals surface area (Å²) in [5, 5.41) is 13.3. The Morgan fingerprint density at radius 1 is 1.47 bits per heavy atom. The Labute approximate surface area is 116 Å². The molecule has 2 aromatic rings. The first-order valence-corrected chi connectivity index (χ1v) is 7.16. The molecule has 1 aliphatic rings. The van der Waals surface area contributed by atoms with Crippen molar-refractivity contribution in [1.82, 2.24) is 4.98 Å². The molecule has 0 amide bonds. The number of thiophene rings is 1. The van der Waals surface area contributed by atoms with Gasteiger partial charge in [-0.15, -0.1) is 0 Å². The maximum Gasteiger partial charge on any atom is 0.153 e. The highest BCUT2D eigenvalue weighted by molar-refractivity contribution is 7.07. The molecule has 0 spiro atoms. The Morgan fingerprint density at radius 3 is 2.95 bits per heavy atom. The number of hydrogen-bond acceptors (Lipinski definition) is 5. The maximum absolute atomic E-state index is 9.06.